The Kier molecular flexibility index (Phi) is 19.5. The summed E-state index contributed by atoms with van der Waals surface area (Å²) in [4.78, 5) is 92.7. The molecular weight excluding hydrogens is 684 g/mol. The zero-order chi connectivity index (χ0) is 41.6. The van der Waals surface area contributed by atoms with Crippen LogP contribution in [0, 0.1) is 23.7 Å². The maximum absolute atomic E-state index is 13.7. The van der Waals surface area contributed by atoms with E-state index < -0.39 is 82.4 Å². The number of nitrogens with one attached hydrogen (secondary N) is 6. The lowest BCUT2D eigenvalue weighted by Gasteiger charge is -2.32. The Morgan fingerprint density at radius 3 is 1.11 bits per heavy atom. The van der Waals surface area contributed by atoms with Crippen molar-refractivity contribution >= 4 is 41.6 Å². The number of rotatable bonds is 20. The zero-order valence-corrected chi connectivity index (χ0v) is 35.1. The number of carbonyl (C=O) groups excluding carboxylic acids is 7. The van der Waals surface area contributed by atoms with Crippen molar-refractivity contribution in [1.29, 1.82) is 0 Å². The SMILES string of the molecule is COC(=O)C(C)(C)NC(=O)[C@H](CC(C)C)NC(=O)[C@H](CC(C)C)NC(=O)C(C)(C)NC(=O)[C@H](CC(C)C)NC(=O)[C@H](CC(C)C)NC(=O)OC(C)(C)C. The van der Waals surface area contributed by atoms with E-state index in [0.29, 0.717) is 0 Å². The van der Waals surface area contributed by atoms with E-state index in [1.54, 1.807) is 20.8 Å². The molecule has 0 aromatic carbocycles. The van der Waals surface area contributed by atoms with Crippen molar-refractivity contribution in [2.75, 3.05) is 7.11 Å². The monoisotopic (exact) mass is 755 g/mol. The van der Waals surface area contributed by atoms with Crippen LogP contribution < -0.4 is 31.9 Å². The largest absolute Gasteiger partial charge is 0.467 e. The third-order valence-electron chi connectivity index (χ3n) is 7.86. The van der Waals surface area contributed by atoms with Crippen molar-refractivity contribution in [2.24, 2.45) is 23.7 Å². The average Bonchev–Trinajstić information content (AvgIpc) is 2.96. The van der Waals surface area contributed by atoms with E-state index in [-0.39, 0.29) is 49.4 Å². The van der Waals surface area contributed by atoms with E-state index in [1.807, 2.05) is 55.4 Å². The molecule has 0 aromatic rings. The Balaban J connectivity index is 6.13. The van der Waals surface area contributed by atoms with Crippen LogP contribution >= 0.6 is 0 Å². The fourth-order valence-electron chi connectivity index (χ4n) is 5.30. The number of ether oxygens (including phenoxy) is 2. The fourth-order valence-corrected chi connectivity index (χ4v) is 5.30. The molecule has 0 radical (unpaired) electrons. The summed E-state index contributed by atoms with van der Waals surface area (Å²) in [5.41, 5.74) is -3.67. The minimum atomic E-state index is -1.54. The normalized spacial score (nSPS) is 14.5. The molecule has 0 spiro atoms. The van der Waals surface area contributed by atoms with Crippen molar-refractivity contribution < 1.29 is 43.0 Å². The summed E-state index contributed by atoms with van der Waals surface area (Å²) < 4.78 is 10.1. The van der Waals surface area contributed by atoms with Crippen molar-refractivity contribution in [3.05, 3.63) is 0 Å². The first-order valence-electron chi connectivity index (χ1n) is 18.6. The molecule has 53 heavy (non-hydrogen) atoms. The van der Waals surface area contributed by atoms with Crippen LogP contribution in [-0.2, 0) is 38.2 Å². The van der Waals surface area contributed by atoms with Gasteiger partial charge in [0.25, 0.3) is 0 Å². The molecule has 6 N–H and O–H groups in total. The summed E-state index contributed by atoms with van der Waals surface area (Å²) in [6.45, 7) is 26.1. The van der Waals surface area contributed by atoms with Gasteiger partial charge in [0, 0.05) is 0 Å². The highest BCUT2D eigenvalue weighted by Crippen LogP contribution is 2.15. The molecule has 0 rings (SSSR count). The Hall–Kier alpha value is -3.91. The smallest absolute Gasteiger partial charge is 0.408 e. The summed E-state index contributed by atoms with van der Waals surface area (Å²) in [5.74, 6) is -3.76. The van der Waals surface area contributed by atoms with Crippen LogP contribution in [0.1, 0.15) is 130 Å². The minimum Gasteiger partial charge on any atom is -0.467 e. The molecular formula is C38H70N6O9. The van der Waals surface area contributed by atoms with Crippen LogP contribution in [0.2, 0.25) is 0 Å². The minimum absolute atomic E-state index is 0.00686. The van der Waals surface area contributed by atoms with Crippen molar-refractivity contribution in [3.63, 3.8) is 0 Å². The van der Waals surface area contributed by atoms with Gasteiger partial charge in [0.1, 0.15) is 40.8 Å². The van der Waals surface area contributed by atoms with Crippen LogP contribution in [0.4, 0.5) is 4.79 Å². The molecule has 0 unspecified atom stereocenters. The molecule has 15 heteroatoms. The lowest BCUT2D eigenvalue weighted by Crippen LogP contribution is -2.63. The predicted molar refractivity (Wildman–Crippen MR) is 203 cm³/mol. The lowest BCUT2D eigenvalue weighted by atomic mass is 9.96. The number of methoxy groups -OCH3 is 1. The molecule has 6 amide bonds. The van der Waals surface area contributed by atoms with Gasteiger partial charge in [-0.15, -0.1) is 0 Å². The third kappa shape index (κ3) is 19.1. The molecule has 0 bridgehead atoms. The van der Waals surface area contributed by atoms with Gasteiger partial charge in [-0.05, 0) is 97.8 Å². The zero-order valence-electron chi connectivity index (χ0n) is 35.1. The number of esters is 1. The van der Waals surface area contributed by atoms with E-state index in [0.717, 1.165) is 0 Å². The van der Waals surface area contributed by atoms with Gasteiger partial charge >= 0.3 is 12.1 Å². The van der Waals surface area contributed by atoms with Crippen LogP contribution in [0.3, 0.4) is 0 Å². The van der Waals surface area contributed by atoms with E-state index in [1.165, 1.54) is 34.8 Å². The Labute approximate surface area is 317 Å². The first-order valence-corrected chi connectivity index (χ1v) is 18.6. The molecule has 0 saturated carbocycles. The fraction of sp³-hybridized carbons (Fsp3) is 0.816. The molecule has 306 valence electrons. The molecule has 0 aliphatic rings. The molecule has 0 heterocycles. The average molecular weight is 755 g/mol. The summed E-state index contributed by atoms with van der Waals surface area (Å²) in [6, 6.07) is -4.12. The van der Waals surface area contributed by atoms with E-state index >= 15 is 0 Å². The van der Waals surface area contributed by atoms with Gasteiger partial charge in [-0.25, -0.2) is 9.59 Å². The van der Waals surface area contributed by atoms with Gasteiger partial charge in [0.15, 0.2) is 0 Å². The first-order chi connectivity index (χ1) is 24.0. The van der Waals surface area contributed by atoms with E-state index in [4.69, 9.17) is 9.47 Å². The highest BCUT2D eigenvalue weighted by molar-refractivity contribution is 5.98. The van der Waals surface area contributed by atoms with Gasteiger partial charge < -0.3 is 41.4 Å². The highest BCUT2D eigenvalue weighted by Gasteiger charge is 2.38. The molecule has 0 fully saturated rings. The highest BCUT2D eigenvalue weighted by atomic mass is 16.6. The second-order valence-electron chi connectivity index (χ2n) is 17.6. The topological polar surface area (TPSA) is 210 Å². The molecule has 4 atom stereocenters. The van der Waals surface area contributed by atoms with Crippen LogP contribution in [0.25, 0.3) is 0 Å². The Morgan fingerprint density at radius 2 is 0.792 bits per heavy atom. The summed E-state index contributed by atoms with van der Waals surface area (Å²) in [6.07, 6.45) is 0.242. The quantitative estimate of drug-likeness (QED) is 0.100. The molecule has 15 nitrogen and oxygen atoms in total. The third-order valence-corrected chi connectivity index (χ3v) is 7.86. The summed E-state index contributed by atoms with van der Waals surface area (Å²) >= 11 is 0. The standard InChI is InChI=1S/C38H70N6O9/c1-21(2)17-25(29(45)39-28(20-24(7)8)32(48)44-38(14,15)34(50)52-16)41-33(49)37(12,13)43-31(47)27(19-23(5)6)40-30(46)26(18-22(3)4)42-35(51)53-36(9,10)11/h21-28H,17-20H2,1-16H3,(H,39,45)(H,40,46)(H,41,49)(H,42,51)(H,43,47)(H,44,48)/t25-,26-,27-,28-/m0/s1. The molecule has 0 aliphatic carbocycles. The lowest BCUT2D eigenvalue weighted by molar-refractivity contribution is -0.149. The van der Waals surface area contributed by atoms with Crippen LogP contribution in [-0.4, -0.2) is 89.6 Å². The number of alkyl carbamates (subject to hydrolysis) is 1. The van der Waals surface area contributed by atoms with Gasteiger partial charge in [0.05, 0.1) is 7.11 Å². The number of hydrogen-bond donors (Lipinski definition) is 6. The van der Waals surface area contributed by atoms with Crippen molar-refractivity contribution in [1.82, 2.24) is 31.9 Å². The van der Waals surface area contributed by atoms with Crippen LogP contribution in [0.5, 0.6) is 0 Å². The number of amides is 6. The van der Waals surface area contributed by atoms with Gasteiger partial charge in [-0.2, -0.15) is 0 Å². The van der Waals surface area contributed by atoms with Gasteiger partial charge in [-0.3, -0.25) is 24.0 Å². The predicted octanol–water partition coefficient (Wildman–Crippen LogP) is 3.48. The number of hydrogen-bond acceptors (Lipinski definition) is 9. The summed E-state index contributed by atoms with van der Waals surface area (Å²) in [7, 11) is 1.21. The molecule has 0 aromatic heterocycles. The summed E-state index contributed by atoms with van der Waals surface area (Å²) in [5, 5.41) is 16.2. The van der Waals surface area contributed by atoms with Crippen LogP contribution in [0.15, 0.2) is 0 Å². The molecule has 0 aliphatic heterocycles. The maximum Gasteiger partial charge on any atom is 0.408 e. The van der Waals surface area contributed by atoms with Gasteiger partial charge in [0.2, 0.25) is 29.5 Å². The van der Waals surface area contributed by atoms with E-state index in [2.05, 4.69) is 31.9 Å². The Bertz CT molecular complexity index is 1270. The molecule has 0 saturated heterocycles. The van der Waals surface area contributed by atoms with E-state index in [9.17, 15) is 33.6 Å². The van der Waals surface area contributed by atoms with Gasteiger partial charge in [-0.1, -0.05) is 55.4 Å². The van der Waals surface area contributed by atoms with Crippen molar-refractivity contribution in [3.8, 4) is 0 Å². The first kappa shape index (κ1) is 49.1. The van der Waals surface area contributed by atoms with Crippen molar-refractivity contribution in [2.45, 2.75) is 170 Å². The maximum atomic E-state index is 13.7. The Morgan fingerprint density at radius 1 is 0.472 bits per heavy atom. The second-order valence-corrected chi connectivity index (χ2v) is 17.6. The number of carbonyl (C=O) groups is 7. The second kappa shape index (κ2) is 21.1.